The van der Waals surface area contributed by atoms with Crippen LogP contribution in [0.1, 0.15) is 17.8 Å². The number of carbonyl (C=O) groups excluding carboxylic acids is 1. The highest BCUT2D eigenvalue weighted by Crippen LogP contribution is 2.14. The molecular weight excluding hydrogens is 278 g/mol. The van der Waals surface area contributed by atoms with Crippen molar-refractivity contribution < 1.29 is 18.1 Å². The summed E-state index contributed by atoms with van der Waals surface area (Å²) < 4.78 is 17.3. The first-order valence-corrected chi connectivity index (χ1v) is 8.38. The molecule has 1 aromatic rings. The van der Waals surface area contributed by atoms with Crippen LogP contribution in [0.4, 0.5) is 4.79 Å². The largest absolute Gasteiger partial charge is 0.500 e. The van der Waals surface area contributed by atoms with Crippen LogP contribution in [-0.4, -0.2) is 52.5 Å². The van der Waals surface area contributed by atoms with Gasteiger partial charge in [-0.25, -0.2) is 4.79 Å². The van der Waals surface area contributed by atoms with Crippen LogP contribution >= 0.6 is 0 Å². The lowest BCUT2D eigenvalue weighted by atomic mass is 10.4. The second-order valence-electron chi connectivity index (χ2n) is 4.47. The van der Waals surface area contributed by atoms with E-state index in [1.165, 1.54) is 4.68 Å². The zero-order valence-corrected chi connectivity index (χ0v) is 13.7. The van der Waals surface area contributed by atoms with Crippen LogP contribution in [-0.2, 0) is 13.3 Å². The maximum atomic E-state index is 11.9. The van der Waals surface area contributed by atoms with E-state index in [-0.39, 0.29) is 6.03 Å². The highest BCUT2D eigenvalue weighted by atomic mass is 28.4. The fourth-order valence-corrected chi connectivity index (χ4v) is 3.69. The highest BCUT2D eigenvalue weighted by molar-refractivity contribution is 6.60. The fraction of sp³-hybridized carbons (Fsp3) is 0.667. The number of amides is 1. The highest BCUT2D eigenvalue weighted by Gasteiger charge is 2.36. The second-order valence-corrected chi connectivity index (χ2v) is 7.56. The summed E-state index contributed by atoms with van der Waals surface area (Å²) in [4.78, 5) is 11.9. The third kappa shape index (κ3) is 4.14. The van der Waals surface area contributed by atoms with E-state index in [4.69, 9.17) is 13.3 Å². The lowest BCUT2D eigenvalue weighted by Crippen LogP contribution is -2.43. The third-order valence-electron chi connectivity index (χ3n) is 3.07. The predicted octanol–water partition coefficient (Wildman–Crippen LogP) is 1.33. The van der Waals surface area contributed by atoms with Crippen molar-refractivity contribution in [2.75, 3.05) is 27.9 Å². The molecule has 7 nitrogen and oxygen atoms in total. The first-order valence-electron chi connectivity index (χ1n) is 6.45. The average Bonchev–Trinajstić information content (AvgIpc) is 2.78. The summed E-state index contributed by atoms with van der Waals surface area (Å²) in [5.74, 6) is 0. The number of hydrogen-bond donors (Lipinski definition) is 1. The van der Waals surface area contributed by atoms with Gasteiger partial charge >= 0.3 is 14.8 Å². The van der Waals surface area contributed by atoms with E-state index >= 15 is 0 Å². The van der Waals surface area contributed by atoms with Crippen LogP contribution in [0.5, 0.6) is 0 Å². The number of nitrogens with one attached hydrogen (secondary N) is 1. The van der Waals surface area contributed by atoms with Crippen LogP contribution < -0.4 is 5.32 Å². The van der Waals surface area contributed by atoms with Gasteiger partial charge in [0.05, 0.1) is 5.69 Å². The molecule has 0 aromatic carbocycles. The van der Waals surface area contributed by atoms with Crippen LogP contribution in [0.15, 0.2) is 6.07 Å². The summed E-state index contributed by atoms with van der Waals surface area (Å²) in [6.07, 6.45) is 0.715. The van der Waals surface area contributed by atoms with Crippen molar-refractivity contribution in [3.63, 3.8) is 0 Å². The van der Waals surface area contributed by atoms with Crippen molar-refractivity contribution in [2.24, 2.45) is 0 Å². The summed E-state index contributed by atoms with van der Waals surface area (Å²) in [6, 6.07) is 2.28. The van der Waals surface area contributed by atoms with Crippen LogP contribution in [0.2, 0.25) is 6.04 Å². The lowest BCUT2D eigenvalue weighted by molar-refractivity contribution is 0.123. The first-order chi connectivity index (χ1) is 9.48. The molecule has 1 amide bonds. The Labute approximate surface area is 120 Å². The van der Waals surface area contributed by atoms with E-state index in [1.54, 1.807) is 21.3 Å². The second kappa shape index (κ2) is 7.53. The monoisotopic (exact) mass is 301 g/mol. The standard InChI is InChI=1S/C12H23N3O4Si/c1-10-9-11(2)15(14-10)12(16)13-7-6-8-20(17-3,18-4)19-5/h9H,6-8H2,1-5H3,(H,13,16). The number of nitrogens with zero attached hydrogens (tertiary/aromatic N) is 2. The van der Waals surface area contributed by atoms with E-state index in [1.807, 2.05) is 19.9 Å². The Morgan fingerprint density at radius 3 is 2.35 bits per heavy atom. The van der Waals surface area contributed by atoms with E-state index in [2.05, 4.69) is 10.4 Å². The molecule has 0 bridgehead atoms. The molecule has 1 N–H and O–H groups in total. The molecule has 0 spiro atoms. The molecule has 0 atom stereocenters. The average molecular weight is 301 g/mol. The SMILES string of the molecule is CO[Si](CCCNC(=O)n1nc(C)cc1C)(OC)OC. The molecule has 20 heavy (non-hydrogen) atoms. The minimum absolute atomic E-state index is 0.227. The van der Waals surface area contributed by atoms with Crippen molar-refractivity contribution in [1.29, 1.82) is 0 Å². The van der Waals surface area contributed by atoms with Gasteiger partial charge in [0.15, 0.2) is 0 Å². The number of rotatable bonds is 7. The molecule has 114 valence electrons. The molecule has 1 heterocycles. The Bertz CT molecular complexity index is 438. The predicted molar refractivity (Wildman–Crippen MR) is 76.7 cm³/mol. The fourth-order valence-electron chi connectivity index (χ4n) is 1.97. The minimum Gasteiger partial charge on any atom is -0.377 e. The molecule has 0 aliphatic carbocycles. The zero-order valence-electron chi connectivity index (χ0n) is 12.7. The Balaban J connectivity index is 2.41. The lowest BCUT2D eigenvalue weighted by Gasteiger charge is -2.24. The Morgan fingerprint density at radius 1 is 1.30 bits per heavy atom. The summed E-state index contributed by atoms with van der Waals surface area (Å²) in [7, 11) is 2.18. The van der Waals surface area contributed by atoms with Crippen molar-refractivity contribution >= 4 is 14.8 Å². The van der Waals surface area contributed by atoms with Crippen LogP contribution in [0.3, 0.4) is 0 Å². The maximum absolute atomic E-state index is 11.9. The summed E-state index contributed by atoms with van der Waals surface area (Å²) in [5.41, 5.74) is 1.64. The number of hydrogen-bond acceptors (Lipinski definition) is 5. The molecule has 1 aromatic heterocycles. The Morgan fingerprint density at radius 2 is 1.90 bits per heavy atom. The van der Waals surface area contributed by atoms with Gasteiger partial charge in [-0.3, -0.25) is 0 Å². The molecule has 0 unspecified atom stereocenters. The van der Waals surface area contributed by atoms with E-state index in [0.29, 0.717) is 19.0 Å². The van der Waals surface area contributed by atoms with Crippen molar-refractivity contribution in [2.45, 2.75) is 26.3 Å². The number of carbonyl (C=O) groups is 1. The maximum Gasteiger partial charge on any atom is 0.500 e. The van der Waals surface area contributed by atoms with Gasteiger partial charge in [-0.2, -0.15) is 9.78 Å². The quantitative estimate of drug-likeness (QED) is 0.607. The molecule has 8 heteroatoms. The van der Waals surface area contributed by atoms with Gasteiger partial charge in [0.25, 0.3) is 0 Å². The van der Waals surface area contributed by atoms with E-state index < -0.39 is 8.80 Å². The summed E-state index contributed by atoms with van der Waals surface area (Å²) in [6.45, 7) is 4.22. The Kier molecular flexibility index (Phi) is 6.34. The smallest absolute Gasteiger partial charge is 0.377 e. The van der Waals surface area contributed by atoms with E-state index in [0.717, 1.165) is 11.4 Å². The topological polar surface area (TPSA) is 74.6 Å². The van der Waals surface area contributed by atoms with Crippen LogP contribution in [0.25, 0.3) is 0 Å². The minimum atomic E-state index is -2.55. The summed E-state index contributed by atoms with van der Waals surface area (Å²) >= 11 is 0. The van der Waals surface area contributed by atoms with Gasteiger partial charge in [-0.15, -0.1) is 0 Å². The first kappa shape index (κ1) is 16.8. The van der Waals surface area contributed by atoms with Crippen molar-refractivity contribution in [3.05, 3.63) is 17.5 Å². The van der Waals surface area contributed by atoms with Crippen LogP contribution in [0, 0.1) is 13.8 Å². The molecule has 1 rings (SSSR count). The zero-order chi connectivity index (χ0) is 15.2. The Hall–Kier alpha value is -1.22. The molecular formula is C12H23N3O4Si. The molecule has 0 fully saturated rings. The van der Waals surface area contributed by atoms with Gasteiger partial charge in [-0.1, -0.05) is 0 Å². The molecule has 0 saturated heterocycles. The normalized spacial score (nSPS) is 11.7. The molecule has 0 aliphatic heterocycles. The van der Waals surface area contributed by atoms with Crippen molar-refractivity contribution in [3.8, 4) is 0 Å². The molecule has 0 radical (unpaired) electrons. The third-order valence-corrected chi connectivity index (χ3v) is 5.90. The molecule has 0 saturated carbocycles. The molecule has 0 aliphatic rings. The number of aromatic nitrogens is 2. The van der Waals surface area contributed by atoms with Crippen molar-refractivity contribution in [1.82, 2.24) is 15.1 Å². The summed E-state index contributed by atoms with van der Waals surface area (Å²) in [5, 5.41) is 6.94. The van der Waals surface area contributed by atoms with Gasteiger partial charge in [0.1, 0.15) is 0 Å². The van der Waals surface area contributed by atoms with Gasteiger partial charge in [0, 0.05) is 39.6 Å². The van der Waals surface area contributed by atoms with E-state index in [9.17, 15) is 4.79 Å². The number of aryl methyl sites for hydroxylation is 2. The van der Waals surface area contributed by atoms with Gasteiger partial charge < -0.3 is 18.6 Å². The van der Waals surface area contributed by atoms with Gasteiger partial charge in [0.2, 0.25) is 0 Å². The van der Waals surface area contributed by atoms with Gasteiger partial charge in [-0.05, 0) is 26.3 Å².